The number of rotatable bonds is 6. The molecular weight excluding hydrogens is 427 g/mol. The van der Waals surface area contributed by atoms with Crippen molar-refractivity contribution >= 4 is 11.9 Å². The summed E-state index contributed by atoms with van der Waals surface area (Å²) in [4.78, 5) is 28.7. The van der Waals surface area contributed by atoms with Crippen LogP contribution < -0.4 is 4.74 Å². The van der Waals surface area contributed by atoms with E-state index in [1.54, 1.807) is 41.6 Å². The molecule has 2 fully saturated rings. The highest BCUT2D eigenvalue weighted by Gasteiger charge is 2.44. The van der Waals surface area contributed by atoms with Crippen molar-refractivity contribution in [3.8, 4) is 5.75 Å². The molecule has 176 valence electrons. The zero-order valence-corrected chi connectivity index (χ0v) is 18.8. The van der Waals surface area contributed by atoms with Gasteiger partial charge in [-0.05, 0) is 23.8 Å². The first kappa shape index (κ1) is 23.1. The summed E-state index contributed by atoms with van der Waals surface area (Å²) in [5.74, 6) is -0.405. The van der Waals surface area contributed by atoms with Gasteiger partial charge < -0.3 is 14.4 Å². The van der Waals surface area contributed by atoms with Gasteiger partial charge in [-0.25, -0.2) is 9.18 Å². The fraction of sp³-hybridized carbons (Fsp3) is 0.500. The number of para-hydroxylation sites is 1. The number of methoxy groups -OCH3 is 1. The van der Waals surface area contributed by atoms with Crippen LogP contribution in [0.25, 0.3) is 0 Å². The van der Waals surface area contributed by atoms with Crippen LogP contribution in [0.4, 0.5) is 4.39 Å². The summed E-state index contributed by atoms with van der Waals surface area (Å²) in [5.41, 5.74) is -0.424. The molecule has 0 bridgehead atoms. The van der Waals surface area contributed by atoms with E-state index in [4.69, 9.17) is 9.47 Å². The Bertz CT molecular complexity index is 958. The van der Waals surface area contributed by atoms with E-state index in [0.717, 1.165) is 5.56 Å². The average molecular weight is 457 g/mol. The Morgan fingerprint density at radius 1 is 1.09 bits per heavy atom. The highest BCUT2D eigenvalue weighted by molar-refractivity contribution is 5.92. The smallest absolute Gasteiger partial charge is 0.341 e. The van der Waals surface area contributed by atoms with E-state index in [9.17, 15) is 9.59 Å². The molecule has 3 heterocycles. The lowest BCUT2D eigenvalue weighted by atomic mass is 9.90. The Morgan fingerprint density at radius 3 is 2.48 bits per heavy atom. The molecule has 0 aliphatic carbocycles. The van der Waals surface area contributed by atoms with Crippen LogP contribution in [-0.2, 0) is 16.1 Å². The van der Waals surface area contributed by atoms with Crippen LogP contribution in [0.1, 0.15) is 41.6 Å². The fourth-order valence-corrected chi connectivity index (χ4v) is 4.44. The molecule has 2 aliphatic heterocycles. The molecule has 1 aromatic heterocycles. The summed E-state index contributed by atoms with van der Waals surface area (Å²) in [6, 6.07) is 8.83. The normalized spacial score (nSPS) is 19.2. The van der Waals surface area contributed by atoms with Gasteiger partial charge in [0.15, 0.2) is 5.67 Å². The van der Waals surface area contributed by atoms with Gasteiger partial charge in [-0.1, -0.05) is 12.1 Å². The molecule has 2 aromatic rings. The summed E-state index contributed by atoms with van der Waals surface area (Å²) in [7, 11) is 1.33. The number of piperidine rings is 2. The third kappa shape index (κ3) is 5.47. The molecule has 0 radical (unpaired) electrons. The summed E-state index contributed by atoms with van der Waals surface area (Å²) in [6.07, 6.45) is 4.74. The molecule has 4 rings (SSSR count). The predicted molar refractivity (Wildman–Crippen MR) is 118 cm³/mol. The average Bonchev–Trinajstić information content (AvgIpc) is 2.86. The van der Waals surface area contributed by atoms with Crippen molar-refractivity contribution in [1.82, 2.24) is 20.0 Å². The highest BCUT2D eigenvalue weighted by atomic mass is 19.1. The van der Waals surface area contributed by atoms with Crippen LogP contribution in [0, 0.1) is 0 Å². The Kier molecular flexibility index (Phi) is 7.17. The number of hydrogen-bond acceptors (Lipinski definition) is 7. The maximum atomic E-state index is 15.6. The van der Waals surface area contributed by atoms with Crippen molar-refractivity contribution in [2.24, 2.45) is 0 Å². The highest BCUT2D eigenvalue weighted by Crippen LogP contribution is 2.31. The van der Waals surface area contributed by atoms with E-state index in [1.165, 1.54) is 7.11 Å². The lowest BCUT2D eigenvalue weighted by Gasteiger charge is -2.40. The second-order valence-electron chi connectivity index (χ2n) is 8.59. The van der Waals surface area contributed by atoms with Gasteiger partial charge in [0, 0.05) is 64.6 Å². The first-order valence-corrected chi connectivity index (χ1v) is 11.3. The first-order valence-electron chi connectivity index (χ1n) is 11.3. The van der Waals surface area contributed by atoms with Gasteiger partial charge >= 0.3 is 5.97 Å². The van der Waals surface area contributed by atoms with Crippen LogP contribution in [0.5, 0.6) is 5.75 Å². The number of carbonyl (C=O) groups is 2. The number of aromatic nitrogens is 2. The standard InChI is InChI=1S/C24H29FN4O4/c1-32-22(30)20-4-2-3-5-21(20)33-19-7-12-29(13-8-19)23(31)24(25)9-14-28(15-10-24)17-18-6-11-26-27-16-18/h2-6,11,16,19H,7-10,12-15,17H2,1H3. The maximum absolute atomic E-state index is 15.6. The second-order valence-corrected chi connectivity index (χ2v) is 8.59. The Labute approximate surface area is 192 Å². The number of esters is 1. The predicted octanol–water partition coefficient (Wildman–Crippen LogP) is 2.64. The van der Waals surface area contributed by atoms with Crippen molar-refractivity contribution < 1.29 is 23.5 Å². The number of halogens is 1. The zero-order valence-electron chi connectivity index (χ0n) is 18.8. The molecule has 0 atom stereocenters. The van der Waals surface area contributed by atoms with Crippen LogP contribution in [-0.4, -0.2) is 76.9 Å². The first-order chi connectivity index (χ1) is 16.0. The molecule has 0 saturated carbocycles. The minimum absolute atomic E-state index is 0.147. The number of likely N-dealkylation sites (tertiary alicyclic amines) is 2. The zero-order chi connectivity index (χ0) is 23.3. The van der Waals surface area contributed by atoms with Crippen LogP contribution in [0.15, 0.2) is 42.7 Å². The third-order valence-corrected chi connectivity index (χ3v) is 6.40. The summed E-state index contributed by atoms with van der Waals surface area (Å²) >= 11 is 0. The second kappa shape index (κ2) is 10.2. The van der Waals surface area contributed by atoms with Gasteiger partial charge in [0.25, 0.3) is 5.91 Å². The molecule has 0 unspecified atom stereocenters. The molecule has 2 aliphatic rings. The van der Waals surface area contributed by atoms with Crippen LogP contribution >= 0.6 is 0 Å². The van der Waals surface area contributed by atoms with Crippen molar-refractivity contribution in [2.75, 3.05) is 33.3 Å². The lowest BCUT2D eigenvalue weighted by molar-refractivity contribution is -0.149. The lowest BCUT2D eigenvalue weighted by Crippen LogP contribution is -2.54. The van der Waals surface area contributed by atoms with Gasteiger partial charge in [-0.2, -0.15) is 10.2 Å². The number of nitrogens with zero attached hydrogens (tertiary/aromatic N) is 4. The van der Waals surface area contributed by atoms with Gasteiger partial charge in [-0.15, -0.1) is 0 Å². The monoisotopic (exact) mass is 456 g/mol. The van der Waals surface area contributed by atoms with Crippen LogP contribution in [0.3, 0.4) is 0 Å². The fourth-order valence-electron chi connectivity index (χ4n) is 4.44. The number of hydrogen-bond donors (Lipinski definition) is 0. The summed E-state index contributed by atoms with van der Waals surface area (Å²) in [6.45, 7) is 2.59. The topological polar surface area (TPSA) is 84.9 Å². The van der Waals surface area contributed by atoms with E-state index >= 15 is 4.39 Å². The molecule has 9 heteroatoms. The number of carbonyl (C=O) groups excluding carboxylic acids is 2. The van der Waals surface area contributed by atoms with Gasteiger partial charge in [0.1, 0.15) is 17.4 Å². The van der Waals surface area contributed by atoms with Crippen molar-refractivity contribution in [1.29, 1.82) is 0 Å². The molecular formula is C24H29FN4O4. The SMILES string of the molecule is COC(=O)c1ccccc1OC1CCN(C(=O)C2(F)CCN(Cc3ccnnc3)CC2)CC1. The minimum atomic E-state index is -1.82. The molecule has 0 spiro atoms. The van der Waals surface area contributed by atoms with E-state index in [1.807, 2.05) is 6.07 Å². The molecule has 1 aromatic carbocycles. The molecule has 33 heavy (non-hydrogen) atoms. The Morgan fingerprint density at radius 2 is 1.82 bits per heavy atom. The van der Waals surface area contributed by atoms with Crippen molar-refractivity contribution in [3.63, 3.8) is 0 Å². The molecule has 0 N–H and O–H groups in total. The summed E-state index contributed by atoms with van der Waals surface area (Å²) < 4.78 is 26.4. The van der Waals surface area contributed by atoms with E-state index in [0.29, 0.717) is 56.9 Å². The third-order valence-electron chi connectivity index (χ3n) is 6.40. The van der Waals surface area contributed by atoms with E-state index < -0.39 is 17.5 Å². The Balaban J connectivity index is 1.28. The minimum Gasteiger partial charge on any atom is -0.489 e. The van der Waals surface area contributed by atoms with Gasteiger partial charge in [0.2, 0.25) is 0 Å². The quantitative estimate of drug-likeness (QED) is 0.618. The summed E-state index contributed by atoms with van der Waals surface area (Å²) in [5, 5.41) is 7.65. The number of ether oxygens (including phenoxy) is 2. The molecule has 2 saturated heterocycles. The van der Waals surface area contributed by atoms with E-state index in [2.05, 4.69) is 15.1 Å². The van der Waals surface area contributed by atoms with E-state index in [-0.39, 0.29) is 18.9 Å². The number of benzene rings is 1. The van der Waals surface area contributed by atoms with Crippen LogP contribution in [0.2, 0.25) is 0 Å². The Hall–Kier alpha value is -3.07. The van der Waals surface area contributed by atoms with Gasteiger partial charge in [0.05, 0.1) is 13.3 Å². The number of alkyl halides is 1. The molecule has 1 amide bonds. The van der Waals surface area contributed by atoms with Crippen molar-refractivity contribution in [3.05, 3.63) is 53.9 Å². The molecule has 8 nitrogen and oxygen atoms in total. The maximum Gasteiger partial charge on any atom is 0.341 e. The number of amides is 1. The van der Waals surface area contributed by atoms with Gasteiger partial charge in [-0.3, -0.25) is 9.69 Å². The van der Waals surface area contributed by atoms with Crippen molar-refractivity contribution in [2.45, 2.75) is 44.0 Å². The largest absolute Gasteiger partial charge is 0.489 e.